The number of pyridine rings is 2. The van der Waals surface area contributed by atoms with Gasteiger partial charge in [-0.15, -0.1) is 0 Å². The summed E-state index contributed by atoms with van der Waals surface area (Å²) < 4.78 is 4.05. The molecule has 0 saturated heterocycles. The van der Waals surface area contributed by atoms with Crippen LogP contribution >= 0.6 is 0 Å². The molecule has 0 aliphatic rings. The van der Waals surface area contributed by atoms with Crippen LogP contribution in [-0.2, 0) is 33.6 Å². The average molecular weight is 479 g/mol. The van der Waals surface area contributed by atoms with Gasteiger partial charge in [0.1, 0.15) is 14.1 Å². The van der Waals surface area contributed by atoms with Gasteiger partial charge in [0.15, 0.2) is 50.3 Å². The summed E-state index contributed by atoms with van der Waals surface area (Å²) in [5, 5.41) is 0. The fourth-order valence-electron chi connectivity index (χ4n) is 3.85. The molecule has 2 heterocycles. The Morgan fingerprint density at radius 1 is 0.694 bits per heavy atom. The Labute approximate surface area is 215 Å². The number of aromatic nitrogens is 2. The summed E-state index contributed by atoms with van der Waals surface area (Å²) in [7, 11) is 4.03. The first-order valence-corrected chi connectivity index (χ1v) is 12.3. The van der Waals surface area contributed by atoms with Crippen LogP contribution in [0.15, 0.2) is 105 Å². The topological polar surface area (TPSA) is 35.7 Å². The first-order chi connectivity index (χ1) is 17.5. The SMILES string of the molecule is C=C/C(=C\C=[NH+]Cc1cc(CC)cc(C[NH+]=C/C=C(\C=C)c2cc[n+](C)cc2)c1)c1cc[n+](C)cc1. The van der Waals surface area contributed by atoms with Crippen molar-refractivity contribution in [3.8, 4) is 0 Å². The predicted octanol–water partition coefficient (Wildman–Crippen LogP) is 1.74. The van der Waals surface area contributed by atoms with Crippen molar-refractivity contribution in [3.63, 3.8) is 0 Å². The number of nitrogens with zero attached hydrogens (tertiary/aromatic N) is 2. The summed E-state index contributed by atoms with van der Waals surface area (Å²) >= 11 is 0. The van der Waals surface area contributed by atoms with E-state index in [0.717, 1.165) is 41.8 Å². The monoisotopic (exact) mass is 478 g/mol. The van der Waals surface area contributed by atoms with E-state index in [-0.39, 0.29) is 0 Å². The van der Waals surface area contributed by atoms with Crippen molar-refractivity contribution in [1.29, 1.82) is 0 Å². The molecule has 2 N–H and O–H groups in total. The third-order valence-corrected chi connectivity index (χ3v) is 5.96. The molecule has 0 fully saturated rings. The zero-order chi connectivity index (χ0) is 25.8. The highest BCUT2D eigenvalue weighted by molar-refractivity contribution is 5.86. The first kappa shape index (κ1) is 26.4. The molecule has 2 aromatic heterocycles. The minimum atomic E-state index is 0.765. The lowest BCUT2D eigenvalue weighted by molar-refractivity contribution is -0.671. The lowest BCUT2D eigenvalue weighted by Gasteiger charge is -2.03. The molecule has 0 saturated carbocycles. The second-order valence-corrected chi connectivity index (χ2v) is 8.76. The second kappa shape index (κ2) is 13.6. The second-order valence-electron chi connectivity index (χ2n) is 8.76. The van der Waals surface area contributed by atoms with Crippen LogP contribution in [0.25, 0.3) is 11.1 Å². The van der Waals surface area contributed by atoms with Gasteiger partial charge in [0.2, 0.25) is 0 Å². The number of aryl methyl sites for hydroxylation is 3. The lowest BCUT2D eigenvalue weighted by atomic mass is 10.0. The van der Waals surface area contributed by atoms with E-state index in [1.165, 1.54) is 16.7 Å². The Bertz CT molecular complexity index is 1190. The average Bonchev–Trinajstić information content (AvgIpc) is 2.90. The lowest BCUT2D eigenvalue weighted by Crippen LogP contribution is -2.67. The molecular formula is C32H38N4+4. The van der Waals surface area contributed by atoms with E-state index in [2.05, 4.69) is 84.7 Å². The molecule has 0 atom stereocenters. The van der Waals surface area contributed by atoms with Crippen LogP contribution in [0.3, 0.4) is 0 Å². The van der Waals surface area contributed by atoms with Crippen LogP contribution in [0.1, 0.15) is 34.7 Å². The predicted molar refractivity (Wildman–Crippen MR) is 149 cm³/mol. The Hall–Kier alpha value is -4.18. The Morgan fingerprint density at radius 2 is 1.08 bits per heavy atom. The van der Waals surface area contributed by atoms with Crippen LogP contribution in [0, 0.1) is 0 Å². The van der Waals surface area contributed by atoms with Crippen LogP contribution in [0.5, 0.6) is 0 Å². The van der Waals surface area contributed by atoms with Gasteiger partial charge in [-0.25, -0.2) is 19.1 Å². The van der Waals surface area contributed by atoms with Gasteiger partial charge in [-0.05, 0) is 52.5 Å². The standard InChI is InChI=1S/C32H36N4/c1-6-26-21-27(24-33-15-9-29(7-2)31-11-17-35(4)18-12-31)23-28(22-26)25-34-16-10-30(8-3)32-13-19-36(5)20-14-32/h7-23H,2-3,6,24-25H2,1,4-5H3/q+2/p+2/b29-9+,30-10+,33-15?,34-16?. The first-order valence-electron chi connectivity index (χ1n) is 12.3. The van der Waals surface area contributed by atoms with Gasteiger partial charge in [-0.3, -0.25) is 0 Å². The molecule has 3 rings (SSSR count). The maximum absolute atomic E-state index is 3.96. The molecule has 3 aromatic rings. The Balaban J connectivity index is 1.67. The van der Waals surface area contributed by atoms with Crippen molar-refractivity contribution in [2.75, 3.05) is 0 Å². The summed E-state index contributed by atoms with van der Waals surface area (Å²) in [6.07, 6.45) is 21.1. The van der Waals surface area contributed by atoms with E-state index in [1.54, 1.807) is 0 Å². The highest BCUT2D eigenvalue weighted by Crippen LogP contribution is 2.13. The Kier molecular flexibility index (Phi) is 10.0. The van der Waals surface area contributed by atoms with Crippen molar-refractivity contribution in [2.45, 2.75) is 26.4 Å². The number of rotatable bonds is 11. The van der Waals surface area contributed by atoms with E-state index in [1.807, 2.05) is 72.6 Å². The number of hydrogen-bond donors (Lipinski definition) is 2. The summed E-state index contributed by atoms with van der Waals surface area (Å²) in [6, 6.07) is 15.2. The Morgan fingerprint density at radius 3 is 1.44 bits per heavy atom. The minimum absolute atomic E-state index is 0.765. The summed E-state index contributed by atoms with van der Waals surface area (Å²) in [4.78, 5) is 6.87. The fraction of sp³-hybridized carbons (Fsp3) is 0.188. The molecule has 0 bridgehead atoms. The summed E-state index contributed by atoms with van der Waals surface area (Å²) in [5.74, 6) is 0. The van der Waals surface area contributed by atoms with E-state index in [0.29, 0.717) is 0 Å². The van der Waals surface area contributed by atoms with Crippen molar-refractivity contribution < 1.29 is 19.1 Å². The van der Waals surface area contributed by atoms with Crippen molar-refractivity contribution >= 4 is 23.6 Å². The van der Waals surface area contributed by atoms with Crippen molar-refractivity contribution in [1.82, 2.24) is 0 Å². The third kappa shape index (κ3) is 7.95. The molecule has 0 amide bonds. The van der Waals surface area contributed by atoms with Gasteiger partial charge >= 0.3 is 0 Å². The zero-order valence-electron chi connectivity index (χ0n) is 21.7. The molecule has 0 radical (unpaired) electrons. The molecule has 4 nitrogen and oxygen atoms in total. The largest absolute Gasteiger partial charge is 0.244 e. The zero-order valence-corrected chi connectivity index (χ0v) is 21.7. The molecule has 0 aliphatic heterocycles. The van der Waals surface area contributed by atoms with E-state index < -0.39 is 0 Å². The minimum Gasteiger partial charge on any atom is -0.244 e. The molecule has 182 valence electrons. The van der Waals surface area contributed by atoms with Gasteiger partial charge in [0.05, 0.1) is 0 Å². The highest BCUT2D eigenvalue weighted by Gasteiger charge is 2.05. The number of allylic oxidation sites excluding steroid dienone is 6. The van der Waals surface area contributed by atoms with Crippen LogP contribution < -0.4 is 19.1 Å². The fourth-order valence-corrected chi connectivity index (χ4v) is 3.85. The molecule has 0 aliphatic carbocycles. The van der Waals surface area contributed by atoms with Gasteiger partial charge < -0.3 is 0 Å². The number of benzene rings is 1. The van der Waals surface area contributed by atoms with Crippen molar-refractivity contribution in [3.05, 3.63) is 133 Å². The highest BCUT2D eigenvalue weighted by atomic mass is 14.9. The quantitative estimate of drug-likeness (QED) is 0.239. The normalized spacial score (nSPS) is 12.4. The smallest absolute Gasteiger partial charge is 0.169 e. The molecule has 36 heavy (non-hydrogen) atoms. The molecular weight excluding hydrogens is 440 g/mol. The van der Waals surface area contributed by atoms with Gasteiger partial charge in [0, 0.05) is 47.5 Å². The third-order valence-electron chi connectivity index (χ3n) is 5.96. The maximum Gasteiger partial charge on any atom is 0.169 e. The van der Waals surface area contributed by atoms with E-state index >= 15 is 0 Å². The molecule has 0 spiro atoms. The molecule has 1 aromatic carbocycles. The van der Waals surface area contributed by atoms with Crippen LogP contribution in [0.4, 0.5) is 0 Å². The maximum atomic E-state index is 3.96. The van der Waals surface area contributed by atoms with Crippen LogP contribution in [0.2, 0.25) is 0 Å². The summed E-state index contributed by atoms with van der Waals surface area (Å²) in [5.41, 5.74) is 8.33. The van der Waals surface area contributed by atoms with Gasteiger partial charge in [-0.2, -0.15) is 0 Å². The summed E-state index contributed by atoms with van der Waals surface area (Å²) in [6.45, 7) is 11.6. The number of hydrogen-bond acceptors (Lipinski definition) is 0. The molecule has 4 heteroatoms. The number of nitrogens with one attached hydrogen (secondary N) is 2. The molecule has 0 unspecified atom stereocenters. The van der Waals surface area contributed by atoms with E-state index in [4.69, 9.17) is 0 Å². The van der Waals surface area contributed by atoms with Crippen LogP contribution in [-0.4, -0.2) is 12.4 Å². The van der Waals surface area contributed by atoms with Gasteiger partial charge in [-0.1, -0.05) is 32.2 Å². The van der Waals surface area contributed by atoms with E-state index in [9.17, 15) is 0 Å². The van der Waals surface area contributed by atoms with Gasteiger partial charge in [0.25, 0.3) is 0 Å². The van der Waals surface area contributed by atoms with Crippen molar-refractivity contribution in [2.24, 2.45) is 14.1 Å².